The summed E-state index contributed by atoms with van der Waals surface area (Å²) in [6.07, 6.45) is 2.60. The van der Waals surface area contributed by atoms with Crippen molar-refractivity contribution in [3.63, 3.8) is 0 Å². The van der Waals surface area contributed by atoms with Crippen LogP contribution >= 0.6 is 0 Å². The van der Waals surface area contributed by atoms with E-state index in [-0.39, 0.29) is 5.56 Å². The lowest BCUT2D eigenvalue weighted by Gasteiger charge is -2.07. The summed E-state index contributed by atoms with van der Waals surface area (Å²) in [5, 5.41) is 3.23. The predicted molar refractivity (Wildman–Crippen MR) is 55.5 cm³/mol. The third kappa shape index (κ3) is 1.95. The smallest absolute Gasteiger partial charge is 0.255 e. The Morgan fingerprint density at radius 1 is 1.50 bits per heavy atom. The molecule has 1 aromatic rings. The van der Waals surface area contributed by atoms with E-state index in [0.717, 1.165) is 18.3 Å². The Morgan fingerprint density at radius 2 is 2.21 bits per heavy atom. The third-order valence-electron chi connectivity index (χ3n) is 2.52. The van der Waals surface area contributed by atoms with Gasteiger partial charge in [0.2, 0.25) is 0 Å². The average molecular weight is 193 g/mol. The van der Waals surface area contributed by atoms with Gasteiger partial charge in [-0.15, -0.1) is 0 Å². The molecule has 1 aromatic heterocycles. The molecule has 76 valence electrons. The molecule has 4 nitrogen and oxygen atoms in total. The van der Waals surface area contributed by atoms with Crippen LogP contribution in [0.3, 0.4) is 0 Å². The van der Waals surface area contributed by atoms with Crippen molar-refractivity contribution in [3.05, 3.63) is 21.7 Å². The number of anilines is 1. The van der Waals surface area contributed by atoms with Crippen LogP contribution in [0.1, 0.15) is 24.2 Å². The molecule has 0 amide bonds. The Balaban J connectivity index is 2.17. The van der Waals surface area contributed by atoms with Crippen LogP contribution in [0.4, 0.5) is 5.82 Å². The van der Waals surface area contributed by atoms with E-state index in [9.17, 15) is 4.79 Å². The fourth-order valence-electron chi connectivity index (χ4n) is 1.38. The van der Waals surface area contributed by atoms with Gasteiger partial charge in [-0.2, -0.15) is 0 Å². The van der Waals surface area contributed by atoms with Gasteiger partial charge in [0.15, 0.2) is 0 Å². The molecule has 0 spiro atoms. The number of hydrogen-bond donors (Lipinski definition) is 2. The van der Waals surface area contributed by atoms with Crippen LogP contribution in [0.15, 0.2) is 4.79 Å². The number of aryl methyl sites for hydroxylation is 1. The van der Waals surface area contributed by atoms with Crippen molar-refractivity contribution in [2.45, 2.75) is 26.7 Å². The van der Waals surface area contributed by atoms with Gasteiger partial charge in [0, 0.05) is 6.54 Å². The Kier molecular flexibility index (Phi) is 2.27. The van der Waals surface area contributed by atoms with E-state index in [1.807, 2.05) is 0 Å². The van der Waals surface area contributed by atoms with Gasteiger partial charge in [-0.3, -0.25) is 4.79 Å². The summed E-state index contributed by atoms with van der Waals surface area (Å²) in [5.74, 6) is 2.19. The molecule has 0 saturated heterocycles. The number of nitrogens with zero attached hydrogens (tertiary/aromatic N) is 1. The highest BCUT2D eigenvalue weighted by molar-refractivity contribution is 5.42. The van der Waals surface area contributed by atoms with Crippen LogP contribution in [0.5, 0.6) is 0 Å². The molecule has 0 aliphatic heterocycles. The van der Waals surface area contributed by atoms with E-state index >= 15 is 0 Å². The first-order chi connectivity index (χ1) is 6.66. The Bertz CT molecular complexity index is 393. The second-order valence-electron chi connectivity index (χ2n) is 3.95. The number of aromatic nitrogens is 2. The van der Waals surface area contributed by atoms with E-state index in [1.165, 1.54) is 12.8 Å². The molecule has 0 radical (unpaired) electrons. The third-order valence-corrected chi connectivity index (χ3v) is 2.52. The van der Waals surface area contributed by atoms with Crippen LogP contribution in [0.25, 0.3) is 0 Å². The normalized spacial score (nSPS) is 15.6. The van der Waals surface area contributed by atoms with Crippen LogP contribution in [0, 0.1) is 19.8 Å². The maximum absolute atomic E-state index is 11.4. The van der Waals surface area contributed by atoms with Crippen LogP contribution in [-0.4, -0.2) is 16.5 Å². The van der Waals surface area contributed by atoms with E-state index in [0.29, 0.717) is 11.4 Å². The first kappa shape index (κ1) is 9.24. The highest BCUT2D eigenvalue weighted by Gasteiger charge is 2.21. The molecule has 1 saturated carbocycles. The summed E-state index contributed by atoms with van der Waals surface area (Å²) < 4.78 is 0. The topological polar surface area (TPSA) is 57.8 Å². The SMILES string of the molecule is Cc1nc(NCC2CC2)c(C)c(=O)[nH]1. The lowest BCUT2D eigenvalue weighted by atomic mass is 10.3. The fraction of sp³-hybridized carbons (Fsp3) is 0.600. The van der Waals surface area contributed by atoms with Crippen molar-refractivity contribution in [2.75, 3.05) is 11.9 Å². The largest absolute Gasteiger partial charge is 0.369 e. The average Bonchev–Trinajstić information content (AvgIpc) is 2.92. The molecule has 1 heterocycles. The van der Waals surface area contributed by atoms with Gasteiger partial charge in [-0.05, 0) is 32.6 Å². The zero-order chi connectivity index (χ0) is 10.1. The number of H-pyrrole nitrogens is 1. The zero-order valence-electron chi connectivity index (χ0n) is 8.55. The van der Waals surface area contributed by atoms with Crippen molar-refractivity contribution in [2.24, 2.45) is 5.92 Å². The molecule has 14 heavy (non-hydrogen) atoms. The lowest BCUT2D eigenvalue weighted by Crippen LogP contribution is -2.17. The molecule has 0 bridgehead atoms. The predicted octanol–water partition coefficient (Wildman–Crippen LogP) is 1.21. The highest BCUT2D eigenvalue weighted by Crippen LogP contribution is 2.28. The van der Waals surface area contributed by atoms with Gasteiger partial charge >= 0.3 is 0 Å². The van der Waals surface area contributed by atoms with Gasteiger partial charge in [0.05, 0.1) is 5.56 Å². The van der Waals surface area contributed by atoms with Crippen molar-refractivity contribution in [1.29, 1.82) is 0 Å². The summed E-state index contributed by atoms with van der Waals surface area (Å²) in [4.78, 5) is 18.3. The van der Waals surface area contributed by atoms with Crippen molar-refractivity contribution < 1.29 is 0 Å². The standard InChI is InChI=1S/C10H15N3O/c1-6-9(11-5-8-3-4-8)12-7(2)13-10(6)14/h8H,3-5H2,1-2H3,(H2,11,12,13,14). The van der Waals surface area contributed by atoms with Crippen molar-refractivity contribution in [1.82, 2.24) is 9.97 Å². The second kappa shape index (κ2) is 3.44. The molecule has 2 rings (SSSR count). The van der Waals surface area contributed by atoms with Crippen LogP contribution in [0.2, 0.25) is 0 Å². The first-order valence-electron chi connectivity index (χ1n) is 4.98. The number of rotatable bonds is 3. The Labute approximate surface area is 82.8 Å². The zero-order valence-corrected chi connectivity index (χ0v) is 8.55. The maximum Gasteiger partial charge on any atom is 0.255 e. The summed E-state index contributed by atoms with van der Waals surface area (Å²) in [5.41, 5.74) is 0.632. The molecule has 1 aliphatic carbocycles. The van der Waals surface area contributed by atoms with Gasteiger partial charge in [0.1, 0.15) is 11.6 Å². The monoisotopic (exact) mass is 193 g/mol. The van der Waals surface area contributed by atoms with Crippen molar-refractivity contribution >= 4 is 5.82 Å². The molecular weight excluding hydrogens is 178 g/mol. The van der Waals surface area contributed by atoms with Crippen LogP contribution in [-0.2, 0) is 0 Å². The van der Waals surface area contributed by atoms with Gasteiger partial charge in [0.25, 0.3) is 5.56 Å². The number of nitrogens with one attached hydrogen (secondary N) is 2. The molecular formula is C10H15N3O. The summed E-state index contributed by atoms with van der Waals surface area (Å²) in [6, 6.07) is 0. The van der Waals surface area contributed by atoms with Gasteiger partial charge in [-0.1, -0.05) is 0 Å². The number of aromatic amines is 1. The molecule has 0 atom stereocenters. The van der Waals surface area contributed by atoms with Gasteiger partial charge in [-0.25, -0.2) is 4.98 Å². The summed E-state index contributed by atoms with van der Waals surface area (Å²) in [6.45, 7) is 4.53. The molecule has 0 aromatic carbocycles. The van der Waals surface area contributed by atoms with Gasteiger partial charge < -0.3 is 10.3 Å². The maximum atomic E-state index is 11.4. The number of hydrogen-bond acceptors (Lipinski definition) is 3. The Hall–Kier alpha value is -1.32. The van der Waals surface area contributed by atoms with E-state index < -0.39 is 0 Å². The summed E-state index contributed by atoms with van der Waals surface area (Å²) >= 11 is 0. The fourth-order valence-corrected chi connectivity index (χ4v) is 1.38. The lowest BCUT2D eigenvalue weighted by molar-refractivity contribution is 0.871. The van der Waals surface area contributed by atoms with Crippen molar-refractivity contribution in [3.8, 4) is 0 Å². The van der Waals surface area contributed by atoms with E-state index in [1.54, 1.807) is 13.8 Å². The highest BCUT2D eigenvalue weighted by atomic mass is 16.1. The molecule has 2 N–H and O–H groups in total. The molecule has 0 unspecified atom stereocenters. The quantitative estimate of drug-likeness (QED) is 0.758. The first-order valence-corrected chi connectivity index (χ1v) is 4.98. The molecule has 1 aliphatic rings. The van der Waals surface area contributed by atoms with Crippen LogP contribution < -0.4 is 10.9 Å². The van der Waals surface area contributed by atoms with E-state index in [4.69, 9.17) is 0 Å². The summed E-state index contributed by atoms with van der Waals surface area (Å²) in [7, 11) is 0. The second-order valence-corrected chi connectivity index (χ2v) is 3.95. The minimum atomic E-state index is -0.0456. The van der Waals surface area contributed by atoms with E-state index in [2.05, 4.69) is 15.3 Å². The Morgan fingerprint density at radius 3 is 2.86 bits per heavy atom. The molecule has 1 fully saturated rings. The minimum absolute atomic E-state index is 0.0456. The molecule has 4 heteroatoms. The minimum Gasteiger partial charge on any atom is -0.369 e.